The summed E-state index contributed by atoms with van der Waals surface area (Å²) in [6.07, 6.45) is -4.37. The second kappa shape index (κ2) is 6.34. The van der Waals surface area contributed by atoms with E-state index in [1.54, 1.807) is 5.32 Å². The summed E-state index contributed by atoms with van der Waals surface area (Å²) in [5, 5.41) is 1.66. The summed E-state index contributed by atoms with van der Waals surface area (Å²) in [5.74, 6) is -2.11. The number of halogens is 3. The van der Waals surface area contributed by atoms with Gasteiger partial charge in [-0.3, -0.25) is 4.79 Å². The highest BCUT2D eigenvalue weighted by atomic mass is 32.2. The lowest BCUT2D eigenvalue weighted by Crippen LogP contribution is -2.34. The molecule has 1 amide bonds. The van der Waals surface area contributed by atoms with Gasteiger partial charge in [0.2, 0.25) is 10.0 Å². The van der Waals surface area contributed by atoms with E-state index in [0.717, 1.165) is 12.1 Å². The number of carbonyl (C=O) groups excluding carboxylic acids is 1. The predicted octanol–water partition coefficient (Wildman–Crippen LogP) is 1.55. The zero-order chi connectivity index (χ0) is 18.2. The molecule has 0 bridgehead atoms. The number of nitrogens with two attached hydrogens (primary N) is 1. The van der Waals surface area contributed by atoms with Crippen molar-refractivity contribution in [3.8, 4) is 0 Å². The molecule has 1 aliphatic rings. The molecule has 0 aliphatic carbocycles. The molecule has 6 nitrogen and oxygen atoms in total. The van der Waals surface area contributed by atoms with E-state index in [1.165, 1.54) is 16.4 Å². The van der Waals surface area contributed by atoms with Gasteiger partial charge in [-0.05, 0) is 42.6 Å². The van der Waals surface area contributed by atoms with Gasteiger partial charge in [0, 0.05) is 18.8 Å². The normalized spacial score (nSPS) is 22.5. The van der Waals surface area contributed by atoms with Crippen LogP contribution in [0, 0.1) is 5.41 Å². The molecule has 2 rings (SSSR count). The number of hydrogen-bond donors (Lipinski definition) is 2. The maximum Gasteiger partial charge on any atom is 0.471 e. The molecular weight excluding hydrogens is 347 g/mol. The number of alkyl halides is 3. The van der Waals surface area contributed by atoms with Crippen molar-refractivity contribution in [2.75, 3.05) is 25.0 Å². The quantitative estimate of drug-likeness (QED) is 0.847. The maximum atomic E-state index is 12.5. The molecule has 10 heteroatoms. The number of nitrogens with zero attached hydrogens (tertiary/aromatic N) is 1. The van der Waals surface area contributed by atoms with E-state index in [2.05, 4.69) is 0 Å². The van der Waals surface area contributed by atoms with Crippen LogP contribution in [0.2, 0.25) is 0 Å². The van der Waals surface area contributed by atoms with Crippen LogP contribution in [-0.2, 0) is 14.8 Å². The Bertz CT molecular complexity index is 719. The predicted molar refractivity (Wildman–Crippen MR) is 81.7 cm³/mol. The third kappa shape index (κ3) is 3.87. The molecule has 134 valence electrons. The van der Waals surface area contributed by atoms with Crippen molar-refractivity contribution in [1.82, 2.24) is 4.31 Å². The van der Waals surface area contributed by atoms with Crippen LogP contribution in [-0.4, -0.2) is 44.4 Å². The molecule has 1 atom stereocenters. The Hall–Kier alpha value is -1.65. The number of amides is 1. The minimum Gasteiger partial charge on any atom is -0.330 e. The van der Waals surface area contributed by atoms with Gasteiger partial charge in [0.1, 0.15) is 0 Å². The Morgan fingerprint density at radius 1 is 1.33 bits per heavy atom. The van der Waals surface area contributed by atoms with Gasteiger partial charge in [-0.25, -0.2) is 8.42 Å². The van der Waals surface area contributed by atoms with Crippen LogP contribution in [0.3, 0.4) is 0 Å². The van der Waals surface area contributed by atoms with Crippen LogP contribution in [0.1, 0.15) is 13.3 Å². The van der Waals surface area contributed by atoms with Crippen LogP contribution in [0.15, 0.2) is 29.2 Å². The molecular formula is C14H18F3N3O3S. The number of rotatable bonds is 4. The van der Waals surface area contributed by atoms with E-state index in [0.29, 0.717) is 26.1 Å². The van der Waals surface area contributed by atoms with Crippen molar-refractivity contribution < 1.29 is 26.4 Å². The summed E-state index contributed by atoms with van der Waals surface area (Å²) in [4.78, 5) is 10.8. The molecule has 3 N–H and O–H groups in total. The van der Waals surface area contributed by atoms with Gasteiger partial charge in [-0.2, -0.15) is 17.5 Å². The van der Waals surface area contributed by atoms with Crippen molar-refractivity contribution in [3.05, 3.63) is 24.3 Å². The lowest BCUT2D eigenvalue weighted by Gasteiger charge is -2.22. The Morgan fingerprint density at radius 3 is 2.38 bits per heavy atom. The number of nitrogens with one attached hydrogen (secondary N) is 1. The fourth-order valence-corrected chi connectivity index (χ4v) is 4.00. The Labute approximate surface area is 137 Å². The zero-order valence-electron chi connectivity index (χ0n) is 12.9. The lowest BCUT2D eigenvalue weighted by molar-refractivity contribution is -0.167. The Morgan fingerprint density at radius 2 is 1.92 bits per heavy atom. The molecule has 0 saturated carbocycles. The minimum absolute atomic E-state index is 0.0474. The number of benzene rings is 1. The first-order chi connectivity index (χ1) is 11.0. The summed E-state index contributed by atoms with van der Waals surface area (Å²) in [6.45, 7) is 2.89. The highest BCUT2D eigenvalue weighted by Crippen LogP contribution is 2.32. The fraction of sp³-hybridized carbons (Fsp3) is 0.500. The second-order valence-electron chi connectivity index (χ2n) is 6.08. The first-order valence-electron chi connectivity index (χ1n) is 7.16. The van der Waals surface area contributed by atoms with Crippen LogP contribution >= 0.6 is 0 Å². The van der Waals surface area contributed by atoms with E-state index in [-0.39, 0.29) is 16.0 Å². The third-order valence-electron chi connectivity index (χ3n) is 4.02. The highest BCUT2D eigenvalue weighted by Gasteiger charge is 2.40. The number of carbonyl (C=O) groups is 1. The van der Waals surface area contributed by atoms with Crippen molar-refractivity contribution in [3.63, 3.8) is 0 Å². The van der Waals surface area contributed by atoms with Gasteiger partial charge < -0.3 is 11.1 Å². The summed E-state index contributed by atoms with van der Waals surface area (Å²) < 4.78 is 63.0. The van der Waals surface area contributed by atoms with Gasteiger partial charge in [0.25, 0.3) is 0 Å². The molecule has 1 aliphatic heterocycles. The number of sulfonamides is 1. The topological polar surface area (TPSA) is 92.5 Å². The molecule has 1 heterocycles. The summed E-state index contributed by atoms with van der Waals surface area (Å²) >= 11 is 0. The molecule has 0 radical (unpaired) electrons. The van der Waals surface area contributed by atoms with Gasteiger partial charge >= 0.3 is 12.1 Å². The SMILES string of the molecule is CC1(CN)CCN(S(=O)(=O)c2ccc(NC(=O)C(F)(F)F)cc2)C1. The minimum atomic E-state index is -5.01. The van der Waals surface area contributed by atoms with E-state index < -0.39 is 22.1 Å². The van der Waals surface area contributed by atoms with Gasteiger partial charge in [-0.15, -0.1) is 0 Å². The van der Waals surface area contributed by atoms with Crippen molar-refractivity contribution in [1.29, 1.82) is 0 Å². The number of hydrogen-bond acceptors (Lipinski definition) is 4. The lowest BCUT2D eigenvalue weighted by atomic mass is 9.90. The monoisotopic (exact) mass is 365 g/mol. The summed E-state index contributed by atoms with van der Waals surface area (Å²) in [6, 6.07) is 4.57. The van der Waals surface area contributed by atoms with E-state index in [4.69, 9.17) is 5.73 Å². The summed E-state index contributed by atoms with van der Waals surface area (Å²) in [5.41, 5.74) is 5.24. The van der Waals surface area contributed by atoms with Gasteiger partial charge in [0.05, 0.1) is 4.90 Å². The average Bonchev–Trinajstić information content (AvgIpc) is 2.91. The standard InChI is InChI=1S/C14H18F3N3O3S/c1-13(8-18)6-7-20(9-13)24(22,23)11-4-2-10(3-5-11)19-12(21)14(15,16)17/h2-5H,6-9,18H2,1H3,(H,19,21). The van der Waals surface area contributed by atoms with Gasteiger partial charge in [-0.1, -0.05) is 6.92 Å². The van der Waals surface area contributed by atoms with Crippen molar-refractivity contribution in [2.24, 2.45) is 11.1 Å². The molecule has 0 spiro atoms. The van der Waals surface area contributed by atoms with E-state index >= 15 is 0 Å². The molecule has 1 saturated heterocycles. The third-order valence-corrected chi connectivity index (χ3v) is 5.88. The Balaban J connectivity index is 2.14. The van der Waals surface area contributed by atoms with Crippen LogP contribution in [0.4, 0.5) is 18.9 Å². The first-order valence-corrected chi connectivity index (χ1v) is 8.60. The molecule has 1 aromatic carbocycles. The van der Waals surface area contributed by atoms with Crippen LogP contribution in [0.25, 0.3) is 0 Å². The molecule has 0 aromatic heterocycles. The van der Waals surface area contributed by atoms with Crippen LogP contribution < -0.4 is 11.1 Å². The average molecular weight is 365 g/mol. The summed E-state index contributed by atoms with van der Waals surface area (Å²) in [7, 11) is -3.75. The second-order valence-corrected chi connectivity index (χ2v) is 8.02. The van der Waals surface area contributed by atoms with E-state index in [1.807, 2.05) is 6.92 Å². The molecule has 1 aromatic rings. The molecule has 1 unspecified atom stereocenters. The number of anilines is 1. The van der Waals surface area contributed by atoms with Crippen LogP contribution in [0.5, 0.6) is 0 Å². The Kier molecular flexibility index (Phi) is 4.93. The largest absolute Gasteiger partial charge is 0.471 e. The van der Waals surface area contributed by atoms with Gasteiger partial charge in [0.15, 0.2) is 0 Å². The molecule has 1 fully saturated rings. The first kappa shape index (κ1) is 18.7. The molecule has 24 heavy (non-hydrogen) atoms. The van der Waals surface area contributed by atoms with E-state index in [9.17, 15) is 26.4 Å². The highest BCUT2D eigenvalue weighted by molar-refractivity contribution is 7.89. The maximum absolute atomic E-state index is 12.5. The smallest absolute Gasteiger partial charge is 0.330 e. The fourth-order valence-electron chi connectivity index (χ4n) is 2.41. The van der Waals surface area contributed by atoms with Crippen molar-refractivity contribution >= 4 is 21.6 Å². The van der Waals surface area contributed by atoms with Crippen molar-refractivity contribution in [2.45, 2.75) is 24.4 Å². The zero-order valence-corrected chi connectivity index (χ0v) is 13.7.